The largest absolute Gasteiger partial charge is 0.416 e. The molecule has 10 heteroatoms. The van der Waals surface area contributed by atoms with Gasteiger partial charge in [0.15, 0.2) is 5.65 Å². The Morgan fingerprint density at radius 2 is 1.83 bits per heavy atom. The van der Waals surface area contributed by atoms with Crippen molar-refractivity contribution in [3.05, 3.63) is 77.7 Å². The highest BCUT2D eigenvalue weighted by Gasteiger charge is 2.30. The summed E-state index contributed by atoms with van der Waals surface area (Å²) in [5.74, 6) is 0.351. The van der Waals surface area contributed by atoms with E-state index in [0.717, 1.165) is 54.0 Å². The number of carbonyl (C=O) groups is 1. The smallest absolute Gasteiger partial charge is 0.355 e. The number of piperidine rings is 1. The van der Waals surface area contributed by atoms with E-state index in [4.69, 9.17) is 0 Å². The molecule has 1 amide bonds. The molecular weight excluding hydrogens is 469 g/mol. The second kappa shape index (κ2) is 9.60. The lowest BCUT2D eigenvalue weighted by Gasteiger charge is -2.33. The molecule has 2 aromatic heterocycles. The zero-order valence-electron chi connectivity index (χ0n) is 19.7. The number of nitrogens with one attached hydrogen (secondary N) is 1. The highest BCUT2D eigenvalue weighted by molar-refractivity contribution is 5.87. The van der Waals surface area contributed by atoms with Gasteiger partial charge in [0.2, 0.25) is 5.91 Å². The summed E-state index contributed by atoms with van der Waals surface area (Å²) in [6, 6.07) is 12.9. The molecule has 186 valence electrons. The topological polar surface area (TPSA) is 75.9 Å². The molecular formula is C26H25F3N6O. The predicted octanol–water partition coefficient (Wildman–Crippen LogP) is 4.68. The molecule has 4 aromatic rings. The molecule has 2 aromatic carbocycles. The molecule has 0 spiro atoms. The SMILES string of the molecule is Cc1ccc(-n2cc3c(N4CCCC(C(=O)NCc5ccc(C(F)(F)F)cc5)C4)ncnc3n2)cc1. The van der Waals surface area contributed by atoms with Crippen LogP contribution in [0.25, 0.3) is 16.7 Å². The molecule has 1 aliphatic rings. The number of alkyl halides is 3. The number of aromatic nitrogens is 4. The molecule has 0 radical (unpaired) electrons. The quantitative estimate of drug-likeness (QED) is 0.436. The Hall–Kier alpha value is -3.95. The van der Waals surface area contributed by atoms with Crippen LogP contribution in [0.15, 0.2) is 61.1 Å². The Bertz CT molecular complexity index is 1370. The van der Waals surface area contributed by atoms with Crippen LogP contribution >= 0.6 is 0 Å². The average molecular weight is 495 g/mol. The van der Waals surface area contributed by atoms with Crippen molar-refractivity contribution in [2.24, 2.45) is 5.92 Å². The van der Waals surface area contributed by atoms with E-state index in [-0.39, 0.29) is 18.4 Å². The van der Waals surface area contributed by atoms with Crippen molar-refractivity contribution in [1.82, 2.24) is 25.1 Å². The monoisotopic (exact) mass is 494 g/mol. The van der Waals surface area contributed by atoms with Gasteiger partial charge in [0, 0.05) is 25.8 Å². The molecule has 1 N–H and O–H groups in total. The van der Waals surface area contributed by atoms with E-state index in [9.17, 15) is 18.0 Å². The van der Waals surface area contributed by atoms with Crippen LogP contribution in [0.4, 0.5) is 19.0 Å². The van der Waals surface area contributed by atoms with Crippen LogP contribution in [-0.2, 0) is 17.5 Å². The van der Waals surface area contributed by atoms with Crippen LogP contribution in [0, 0.1) is 12.8 Å². The van der Waals surface area contributed by atoms with Crippen molar-refractivity contribution in [1.29, 1.82) is 0 Å². The van der Waals surface area contributed by atoms with E-state index in [1.54, 1.807) is 4.68 Å². The predicted molar refractivity (Wildman–Crippen MR) is 130 cm³/mol. The van der Waals surface area contributed by atoms with Crippen molar-refractivity contribution >= 4 is 22.8 Å². The second-order valence-electron chi connectivity index (χ2n) is 9.04. The third kappa shape index (κ3) is 5.02. The van der Waals surface area contributed by atoms with Crippen LogP contribution < -0.4 is 10.2 Å². The molecule has 36 heavy (non-hydrogen) atoms. The lowest BCUT2D eigenvalue weighted by molar-refractivity contribution is -0.137. The van der Waals surface area contributed by atoms with Crippen molar-refractivity contribution in [3.63, 3.8) is 0 Å². The van der Waals surface area contributed by atoms with Gasteiger partial charge in [-0.2, -0.15) is 13.2 Å². The molecule has 1 aliphatic heterocycles. The van der Waals surface area contributed by atoms with Crippen molar-refractivity contribution in [2.45, 2.75) is 32.5 Å². The molecule has 1 fully saturated rings. The average Bonchev–Trinajstić information content (AvgIpc) is 3.32. The number of hydrogen-bond donors (Lipinski definition) is 1. The van der Waals surface area contributed by atoms with E-state index in [2.05, 4.69) is 25.3 Å². The molecule has 0 aliphatic carbocycles. The van der Waals surface area contributed by atoms with Gasteiger partial charge in [0.1, 0.15) is 12.1 Å². The molecule has 0 saturated carbocycles. The van der Waals surface area contributed by atoms with Crippen LogP contribution in [0.5, 0.6) is 0 Å². The minimum absolute atomic E-state index is 0.125. The standard InChI is InChI=1S/C26H25F3N6O/c1-17-4-10-21(11-5-17)35-15-22-23(33-35)31-16-32-24(22)34-12-2-3-19(14-34)25(36)30-13-18-6-8-20(9-7-18)26(27,28)29/h4-11,15-16,19H,2-3,12-14H2,1H3,(H,30,36). The minimum atomic E-state index is -4.38. The lowest BCUT2D eigenvalue weighted by atomic mass is 9.97. The zero-order chi connectivity index (χ0) is 25.3. The van der Waals surface area contributed by atoms with Gasteiger partial charge in [-0.3, -0.25) is 4.79 Å². The Morgan fingerprint density at radius 1 is 1.08 bits per heavy atom. The summed E-state index contributed by atoms with van der Waals surface area (Å²) < 4.78 is 40.1. The van der Waals surface area contributed by atoms with Crippen molar-refractivity contribution < 1.29 is 18.0 Å². The summed E-state index contributed by atoms with van der Waals surface area (Å²) >= 11 is 0. The number of rotatable bonds is 5. The number of halogens is 3. The number of benzene rings is 2. The number of anilines is 1. The third-order valence-corrected chi connectivity index (χ3v) is 6.43. The fourth-order valence-electron chi connectivity index (χ4n) is 4.44. The van der Waals surface area contributed by atoms with E-state index in [0.29, 0.717) is 17.8 Å². The van der Waals surface area contributed by atoms with Gasteiger partial charge >= 0.3 is 6.18 Å². The second-order valence-corrected chi connectivity index (χ2v) is 9.04. The Labute approximate surface area is 206 Å². The highest BCUT2D eigenvalue weighted by atomic mass is 19.4. The number of fused-ring (bicyclic) bond motifs is 1. The first kappa shape index (κ1) is 23.8. The van der Waals surface area contributed by atoms with E-state index >= 15 is 0 Å². The summed E-state index contributed by atoms with van der Waals surface area (Å²) in [6.07, 6.45) is 0.556. The van der Waals surface area contributed by atoms with Gasteiger partial charge in [-0.1, -0.05) is 29.8 Å². The first-order chi connectivity index (χ1) is 17.3. The number of carbonyl (C=O) groups excluding carboxylic acids is 1. The maximum atomic E-state index is 12.9. The van der Waals surface area contributed by atoms with E-state index in [1.165, 1.54) is 18.5 Å². The molecule has 0 bridgehead atoms. The van der Waals surface area contributed by atoms with Gasteiger partial charge in [0.05, 0.1) is 22.6 Å². The summed E-state index contributed by atoms with van der Waals surface area (Å²) in [7, 11) is 0. The number of hydrogen-bond acceptors (Lipinski definition) is 5. The normalized spacial score (nSPS) is 16.3. The van der Waals surface area contributed by atoms with Crippen LogP contribution in [0.3, 0.4) is 0 Å². The van der Waals surface area contributed by atoms with Crippen molar-refractivity contribution in [2.75, 3.05) is 18.0 Å². The molecule has 5 rings (SSSR count). The lowest BCUT2D eigenvalue weighted by Crippen LogP contribution is -2.43. The molecule has 1 atom stereocenters. The Balaban J connectivity index is 1.28. The Morgan fingerprint density at radius 3 is 2.56 bits per heavy atom. The molecule has 7 nitrogen and oxygen atoms in total. The van der Waals surface area contributed by atoms with Gasteiger partial charge in [-0.25, -0.2) is 14.6 Å². The maximum Gasteiger partial charge on any atom is 0.416 e. The third-order valence-electron chi connectivity index (χ3n) is 6.43. The fourth-order valence-corrected chi connectivity index (χ4v) is 4.44. The zero-order valence-corrected chi connectivity index (χ0v) is 19.7. The maximum absolute atomic E-state index is 12.9. The summed E-state index contributed by atoms with van der Waals surface area (Å²) in [5.41, 5.74) is 2.57. The van der Waals surface area contributed by atoms with Gasteiger partial charge < -0.3 is 10.2 Å². The van der Waals surface area contributed by atoms with Crippen LogP contribution in [-0.4, -0.2) is 38.7 Å². The Kier molecular flexibility index (Phi) is 6.34. The minimum Gasteiger partial charge on any atom is -0.355 e. The van der Waals surface area contributed by atoms with E-state index < -0.39 is 11.7 Å². The highest BCUT2D eigenvalue weighted by Crippen LogP contribution is 2.30. The first-order valence-electron chi connectivity index (χ1n) is 11.7. The van der Waals surface area contributed by atoms with Gasteiger partial charge in [-0.15, -0.1) is 5.10 Å². The summed E-state index contributed by atoms with van der Waals surface area (Å²) in [4.78, 5) is 23.8. The number of nitrogens with zero attached hydrogens (tertiary/aromatic N) is 5. The van der Waals surface area contributed by atoms with Crippen LogP contribution in [0.2, 0.25) is 0 Å². The number of aryl methyl sites for hydroxylation is 1. The summed E-state index contributed by atoms with van der Waals surface area (Å²) in [5, 5.41) is 8.28. The fraction of sp³-hybridized carbons (Fsp3) is 0.308. The van der Waals surface area contributed by atoms with Gasteiger partial charge in [-0.05, 0) is 49.6 Å². The number of amides is 1. The first-order valence-corrected chi connectivity index (χ1v) is 11.7. The van der Waals surface area contributed by atoms with Crippen molar-refractivity contribution in [3.8, 4) is 5.69 Å². The summed E-state index contributed by atoms with van der Waals surface area (Å²) in [6.45, 7) is 3.44. The van der Waals surface area contributed by atoms with Gasteiger partial charge in [0.25, 0.3) is 0 Å². The molecule has 1 saturated heterocycles. The van der Waals surface area contributed by atoms with Crippen LogP contribution in [0.1, 0.15) is 29.5 Å². The molecule has 3 heterocycles. The van der Waals surface area contributed by atoms with E-state index in [1.807, 2.05) is 37.4 Å². The molecule has 1 unspecified atom stereocenters.